The molecule has 1 heterocycles. The van der Waals surface area contributed by atoms with Crippen molar-refractivity contribution in [1.82, 2.24) is 10.2 Å². The van der Waals surface area contributed by atoms with E-state index in [4.69, 9.17) is 0 Å². The molecule has 0 unspecified atom stereocenters. The zero-order chi connectivity index (χ0) is 17.1. The van der Waals surface area contributed by atoms with E-state index in [0.29, 0.717) is 19.6 Å². The quantitative estimate of drug-likeness (QED) is 0.510. The van der Waals surface area contributed by atoms with E-state index in [1.165, 1.54) is 10.5 Å². The Morgan fingerprint density at radius 3 is 2.52 bits per heavy atom. The fourth-order valence-corrected chi connectivity index (χ4v) is 4.36. The number of aliphatic imine (C=N–C) groups is 1. The van der Waals surface area contributed by atoms with Crippen LogP contribution in [-0.2, 0) is 16.4 Å². The van der Waals surface area contributed by atoms with Crippen LogP contribution in [0.2, 0.25) is 0 Å². The van der Waals surface area contributed by atoms with Gasteiger partial charge in [0.1, 0.15) is 0 Å². The number of nitrogens with zero attached hydrogens (tertiary/aromatic N) is 2. The van der Waals surface area contributed by atoms with Gasteiger partial charge >= 0.3 is 0 Å². The van der Waals surface area contributed by atoms with E-state index in [1.807, 2.05) is 4.90 Å². The molecule has 2 rings (SSSR count). The van der Waals surface area contributed by atoms with Crippen molar-refractivity contribution in [2.24, 2.45) is 4.99 Å². The Hall–Kier alpha value is -1.21. The third-order valence-corrected chi connectivity index (χ3v) is 7.44. The molecule has 0 bridgehead atoms. The minimum atomic E-state index is -3.04. The first-order valence-corrected chi connectivity index (χ1v) is 10.5. The molecule has 128 valence electrons. The van der Waals surface area contributed by atoms with Crippen molar-refractivity contribution in [2.45, 2.75) is 30.0 Å². The Morgan fingerprint density at radius 1 is 1.35 bits per heavy atom. The lowest BCUT2D eigenvalue weighted by Crippen LogP contribution is -2.57. The van der Waals surface area contributed by atoms with Crippen LogP contribution in [0.25, 0.3) is 0 Å². The maximum Gasteiger partial charge on any atom is 0.193 e. The molecule has 0 atom stereocenters. The molecule has 5 nitrogen and oxygen atoms in total. The van der Waals surface area contributed by atoms with Crippen LogP contribution in [0.1, 0.15) is 19.4 Å². The van der Waals surface area contributed by atoms with Gasteiger partial charge in [-0.05, 0) is 37.8 Å². The van der Waals surface area contributed by atoms with Crippen LogP contribution < -0.4 is 5.32 Å². The van der Waals surface area contributed by atoms with E-state index in [0.717, 1.165) is 5.96 Å². The summed E-state index contributed by atoms with van der Waals surface area (Å²) in [5.74, 6) is 0.922. The number of rotatable bonds is 3. The number of nitrogens with one attached hydrogen (secondary N) is 1. The van der Waals surface area contributed by atoms with Crippen LogP contribution in [0.5, 0.6) is 0 Å². The first-order valence-electron chi connectivity index (χ1n) is 7.60. The maximum atomic E-state index is 12.1. The Labute approximate surface area is 143 Å². The molecule has 7 heteroatoms. The Morgan fingerprint density at radius 2 is 2.00 bits per heavy atom. The zero-order valence-corrected chi connectivity index (χ0v) is 15.8. The molecule has 23 heavy (non-hydrogen) atoms. The standard InChI is InChI=1S/C16H25N3O2S2/c1-16(2)12-19(9-10-23(16,20)21)15(17-3)18-11-13-5-7-14(22-4)8-6-13/h5-8H,9-12H2,1-4H3,(H,17,18). The van der Waals surface area contributed by atoms with Crippen LogP contribution in [0.15, 0.2) is 34.2 Å². The molecular formula is C16H25N3O2S2. The molecule has 0 aromatic heterocycles. The smallest absolute Gasteiger partial charge is 0.193 e. The predicted molar refractivity (Wildman–Crippen MR) is 97.9 cm³/mol. The van der Waals surface area contributed by atoms with E-state index in [9.17, 15) is 8.42 Å². The highest BCUT2D eigenvalue weighted by Gasteiger charge is 2.40. The van der Waals surface area contributed by atoms with E-state index >= 15 is 0 Å². The second kappa shape index (κ2) is 7.13. The molecular weight excluding hydrogens is 330 g/mol. The second-order valence-electron chi connectivity index (χ2n) is 6.25. The van der Waals surface area contributed by atoms with Crippen molar-refractivity contribution in [2.75, 3.05) is 32.1 Å². The summed E-state index contributed by atoms with van der Waals surface area (Å²) in [6.45, 7) is 5.17. The minimum Gasteiger partial charge on any atom is -0.352 e. The highest BCUT2D eigenvalue weighted by atomic mass is 32.2. The number of guanidine groups is 1. The van der Waals surface area contributed by atoms with Gasteiger partial charge in [-0.25, -0.2) is 8.42 Å². The first-order chi connectivity index (χ1) is 10.8. The average Bonchev–Trinajstić information content (AvgIpc) is 2.52. The molecule has 1 N–H and O–H groups in total. The number of hydrogen-bond acceptors (Lipinski definition) is 4. The number of benzene rings is 1. The van der Waals surface area contributed by atoms with Crippen molar-refractivity contribution in [1.29, 1.82) is 0 Å². The van der Waals surface area contributed by atoms with Gasteiger partial charge in [-0.3, -0.25) is 4.99 Å². The molecule has 1 aliphatic heterocycles. The summed E-state index contributed by atoms with van der Waals surface area (Å²) < 4.78 is 23.5. The molecule has 0 spiro atoms. The summed E-state index contributed by atoms with van der Waals surface area (Å²) in [4.78, 5) is 7.57. The van der Waals surface area contributed by atoms with Gasteiger partial charge < -0.3 is 10.2 Å². The lowest BCUT2D eigenvalue weighted by Gasteiger charge is -2.39. The second-order valence-corrected chi connectivity index (χ2v) is 9.87. The molecule has 1 aliphatic rings. The maximum absolute atomic E-state index is 12.1. The number of hydrogen-bond donors (Lipinski definition) is 1. The Bertz CT molecular complexity index is 667. The van der Waals surface area contributed by atoms with Crippen LogP contribution in [0.4, 0.5) is 0 Å². The third-order valence-electron chi connectivity index (χ3n) is 4.16. The topological polar surface area (TPSA) is 61.8 Å². The van der Waals surface area contributed by atoms with Crippen LogP contribution in [0, 0.1) is 0 Å². The third kappa shape index (κ3) is 4.20. The Kier molecular flexibility index (Phi) is 5.62. The van der Waals surface area contributed by atoms with Crippen LogP contribution >= 0.6 is 11.8 Å². The van der Waals surface area contributed by atoms with Crippen molar-refractivity contribution in [3.05, 3.63) is 29.8 Å². The van der Waals surface area contributed by atoms with Gasteiger partial charge in [-0.15, -0.1) is 11.8 Å². The van der Waals surface area contributed by atoms with Gasteiger partial charge in [-0.1, -0.05) is 12.1 Å². The summed E-state index contributed by atoms with van der Waals surface area (Å²) in [6, 6.07) is 8.38. The van der Waals surface area contributed by atoms with Crippen LogP contribution in [0.3, 0.4) is 0 Å². The van der Waals surface area contributed by atoms with Gasteiger partial charge in [-0.2, -0.15) is 0 Å². The van der Waals surface area contributed by atoms with Crippen molar-refractivity contribution in [3.8, 4) is 0 Å². The molecule has 1 aromatic rings. The largest absolute Gasteiger partial charge is 0.352 e. The molecule has 1 fully saturated rings. The van der Waals surface area contributed by atoms with E-state index in [2.05, 4.69) is 40.8 Å². The summed E-state index contributed by atoms with van der Waals surface area (Å²) in [7, 11) is -1.31. The normalized spacial score (nSPS) is 20.3. The van der Waals surface area contributed by atoms with E-state index in [-0.39, 0.29) is 5.75 Å². The van der Waals surface area contributed by atoms with Crippen molar-refractivity contribution in [3.63, 3.8) is 0 Å². The highest BCUT2D eigenvalue weighted by molar-refractivity contribution is 7.98. The Balaban J connectivity index is 2.00. The van der Waals surface area contributed by atoms with Gasteiger partial charge in [0.2, 0.25) is 0 Å². The zero-order valence-electron chi connectivity index (χ0n) is 14.2. The van der Waals surface area contributed by atoms with Crippen LogP contribution in [-0.4, -0.2) is 56.2 Å². The molecule has 0 amide bonds. The minimum absolute atomic E-state index is 0.170. The summed E-state index contributed by atoms with van der Waals surface area (Å²) in [6.07, 6.45) is 2.06. The molecule has 1 aromatic carbocycles. The lowest BCUT2D eigenvalue weighted by atomic mass is 10.2. The average molecular weight is 356 g/mol. The lowest BCUT2D eigenvalue weighted by molar-refractivity contribution is 0.353. The SMILES string of the molecule is CN=C(NCc1ccc(SC)cc1)N1CCS(=O)(=O)C(C)(C)C1. The molecule has 0 aliphatic carbocycles. The van der Waals surface area contributed by atoms with Gasteiger partial charge in [0, 0.05) is 31.6 Å². The molecule has 1 saturated heterocycles. The fraction of sp³-hybridized carbons (Fsp3) is 0.562. The van der Waals surface area contributed by atoms with Gasteiger partial charge in [0.15, 0.2) is 15.8 Å². The summed E-state index contributed by atoms with van der Waals surface area (Å²) >= 11 is 1.72. The first kappa shape index (κ1) is 18.1. The van der Waals surface area contributed by atoms with Gasteiger partial charge in [0.25, 0.3) is 0 Å². The van der Waals surface area contributed by atoms with E-state index in [1.54, 1.807) is 32.7 Å². The fourth-order valence-electron chi connectivity index (χ4n) is 2.58. The van der Waals surface area contributed by atoms with E-state index < -0.39 is 14.6 Å². The van der Waals surface area contributed by atoms with Gasteiger partial charge in [0.05, 0.1) is 10.5 Å². The summed E-state index contributed by atoms with van der Waals surface area (Å²) in [5.41, 5.74) is 1.17. The number of thioether (sulfide) groups is 1. The summed E-state index contributed by atoms with van der Waals surface area (Å²) in [5, 5.41) is 3.33. The molecule has 0 radical (unpaired) electrons. The number of sulfone groups is 1. The monoisotopic (exact) mass is 355 g/mol. The van der Waals surface area contributed by atoms with Crippen molar-refractivity contribution >= 4 is 27.6 Å². The van der Waals surface area contributed by atoms with Crippen molar-refractivity contribution < 1.29 is 8.42 Å². The molecule has 0 saturated carbocycles. The highest BCUT2D eigenvalue weighted by Crippen LogP contribution is 2.23. The predicted octanol–water partition coefficient (Wildman–Crippen LogP) is 1.99.